The highest BCUT2D eigenvalue weighted by Crippen LogP contribution is 2.13. The third-order valence-corrected chi connectivity index (χ3v) is 8.30. The van der Waals surface area contributed by atoms with Crippen LogP contribution in [-0.4, -0.2) is 87.4 Å². The van der Waals surface area contributed by atoms with Gasteiger partial charge in [-0.15, -0.1) is 0 Å². The first kappa shape index (κ1) is 49.2. The Hall–Kier alpha value is -2.75. The second-order valence-electron chi connectivity index (χ2n) is 14.6. The van der Waals surface area contributed by atoms with Crippen molar-refractivity contribution in [3.8, 4) is 0 Å². The van der Waals surface area contributed by atoms with Gasteiger partial charge < -0.3 is 28.5 Å². The fourth-order valence-corrected chi connectivity index (χ4v) is 5.14. The summed E-state index contributed by atoms with van der Waals surface area (Å²) < 4.78 is 22.6. The van der Waals surface area contributed by atoms with Crippen molar-refractivity contribution in [1.82, 2.24) is 0 Å². The molecule has 0 rings (SSSR count). The highest BCUT2D eigenvalue weighted by molar-refractivity contribution is 5.71. The molecule has 0 saturated heterocycles. The zero-order valence-electron chi connectivity index (χ0n) is 33.7. The fraction of sp³-hybridized carbons (Fsp3) is 0.744. The summed E-state index contributed by atoms with van der Waals surface area (Å²) in [5.41, 5.74) is 0. The standard InChI is InChI=1S/C43H75NO8/c1-6-8-10-12-14-16-18-19-20-21-22-23-24-26-28-30-32-34-41(46)52-39(38-51-43(42(47)48)49-36-35-44(3,4)5)37-50-40(45)33-31-29-27-25-17-15-13-11-9-7-2/h8,10-11,13-14,16,19-20,39,43H,6-7,9,12,15,17-18,21-38H2,1-5H3/p+1/b10-8-,13-11-,16-14-,20-19-. The SMILES string of the molecule is CC/C=C\C/C=C\C/C=C\CCCCCCCCCC(=O)OC(COC(=O)CCCCCCC/C=C\CCC)COC(OCC[N+](C)(C)C)C(=O)O. The highest BCUT2D eigenvalue weighted by atomic mass is 16.7. The van der Waals surface area contributed by atoms with Crippen molar-refractivity contribution in [2.45, 2.75) is 161 Å². The van der Waals surface area contributed by atoms with Crippen molar-refractivity contribution in [1.29, 1.82) is 0 Å². The topological polar surface area (TPSA) is 108 Å². The van der Waals surface area contributed by atoms with Crippen LogP contribution in [0, 0.1) is 0 Å². The zero-order valence-corrected chi connectivity index (χ0v) is 33.7. The third-order valence-electron chi connectivity index (χ3n) is 8.30. The molecule has 9 heteroatoms. The summed E-state index contributed by atoms with van der Waals surface area (Å²) in [5.74, 6) is -2.04. The summed E-state index contributed by atoms with van der Waals surface area (Å²) in [4.78, 5) is 36.9. The molecular weight excluding hydrogens is 658 g/mol. The monoisotopic (exact) mass is 735 g/mol. The lowest BCUT2D eigenvalue weighted by atomic mass is 10.1. The van der Waals surface area contributed by atoms with Crippen LogP contribution in [0.25, 0.3) is 0 Å². The van der Waals surface area contributed by atoms with E-state index in [1.165, 1.54) is 25.7 Å². The lowest BCUT2D eigenvalue weighted by Crippen LogP contribution is -2.40. The van der Waals surface area contributed by atoms with E-state index in [-0.39, 0.29) is 38.6 Å². The Labute approximate surface area is 317 Å². The first-order chi connectivity index (χ1) is 25.1. The first-order valence-electron chi connectivity index (χ1n) is 20.3. The summed E-state index contributed by atoms with van der Waals surface area (Å²) in [6.45, 7) is 4.65. The molecule has 0 aliphatic heterocycles. The molecule has 9 nitrogen and oxygen atoms in total. The van der Waals surface area contributed by atoms with E-state index in [4.69, 9.17) is 18.9 Å². The van der Waals surface area contributed by atoms with Crippen molar-refractivity contribution in [2.24, 2.45) is 0 Å². The van der Waals surface area contributed by atoms with Gasteiger partial charge in [-0.3, -0.25) is 9.59 Å². The van der Waals surface area contributed by atoms with Crippen molar-refractivity contribution in [3.63, 3.8) is 0 Å². The number of hydrogen-bond acceptors (Lipinski definition) is 7. The minimum absolute atomic E-state index is 0.182. The number of allylic oxidation sites excluding steroid dienone is 8. The Morgan fingerprint density at radius 2 is 1.10 bits per heavy atom. The van der Waals surface area contributed by atoms with Crippen LogP contribution in [0.1, 0.15) is 149 Å². The van der Waals surface area contributed by atoms with E-state index >= 15 is 0 Å². The summed E-state index contributed by atoms with van der Waals surface area (Å²) in [6, 6.07) is 0. The number of unbranched alkanes of at least 4 members (excludes halogenated alkanes) is 13. The number of carboxylic acids is 1. The first-order valence-corrected chi connectivity index (χ1v) is 20.3. The minimum atomic E-state index is -1.51. The fourth-order valence-electron chi connectivity index (χ4n) is 5.14. The molecule has 0 radical (unpaired) electrons. The van der Waals surface area contributed by atoms with Crippen LogP contribution in [-0.2, 0) is 33.3 Å². The van der Waals surface area contributed by atoms with Gasteiger partial charge >= 0.3 is 17.9 Å². The number of ether oxygens (including phenoxy) is 4. The number of likely N-dealkylation sites (N-methyl/N-ethyl adjacent to an activating group) is 1. The third kappa shape index (κ3) is 35.6. The number of carboxylic acid groups (broad SMARTS) is 1. The molecule has 300 valence electrons. The van der Waals surface area contributed by atoms with Crippen molar-refractivity contribution < 1.29 is 42.9 Å². The van der Waals surface area contributed by atoms with E-state index in [2.05, 4.69) is 62.5 Å². The average molecular weight is 735 g/mol. The number of esters is 2. The number of hydrogen-bond donors (Lipinski definition) is 1. The van der Waals surface area contributed by atoms with Crippen LogP contribution in [0.2, 0.25) is 0 Å². The number of quaternary nitrogens is 1. The maximum absolute atomic E-state index is 12.7. The van der Waals surface area contributed by atoms with Gasteiger partial charge in [-0.1, -0.05) is 120 Å². The summed E-state index contributed by atoms with van der Waals surface area (Å²) >= 11 is 0. The second kappa shape index (κ2) is 35.3. The van der Waals surface area contributed by atoms with E-state index in [1.807, 2.05) is 21.1 Å². The molecule has 0 saturated carbocycles. The molecule has 0 heterocycles. The molecule has 0 fully saturated rings. The normalized spacial score (nSPS) is 13.5. The van der Waals surface area contributed by atoms with E-state index < -0.39 is 24.3 Å². The van der Waals surface area contributed by atoms with Crippen molar-refractivity contribution >= 4 is 17.9 Å². The summed E-state index contributed by atoms with van der Waals surface area (Å²) in [6.07, 6.45) is 36.0. The van der Waals surface area contributed by atoms with Gasteiger partial charge in [0.05, 0.1) is 34.4 Å². The molecule has 0 aromatic carbocycles. The van der Waals surface area contributed by atoms with Gasteiger partial charge in [0.25, 0.3) is 6.29 Å². The number of carbonyl (C=O) groups is 3. The van der Waals surface area contributed by atoms with Gasteiger partial charge in [0.2, 0.25) is 0 Å². The van der Waals surface area contributed by atoms with Crippen molar-refractivity contribution in [3.05, 3.63) is 48.6 Å². The van der Waals surface area contributed by atoms with Gasteiger partial charge in [0.1, 0.15) is 13.2 Å². The highest BCUT2D eigenvalue weighted by Gasteiger charge is 2.25. The lowest BCUT2D eigenvalue weighted by molar-refractivity contribution is -0.870. The Morgan fingerprint density at radius 1 is 0.596 bits per heavy atom. The molecular formula is C43H76NO8+. The van der Waals surface area contributed by atoms with Crippen LogP contribution in [0.3, 0.4) is 0 Å². The van der Waals surface area contributed by atoms with E-state index in [0.29, 0.717) is 17.4 Å². The quantitative estimate of drug-likeness (QED) is 0.0223. The molecule has 0 amide bonds. The van der Waals surface area contributed by atoms with Gasteiger partial charge in [-0.05, 0) is 64.2 Å². The Bertz CT molecular complexity index is 998. The maximum atomic E-state index is 12.7. The minimum Gasteiger partial charge on any atom is -0.477 e. The number of rotatable bonds is 36. The van der Waals surface area contributed by atoms with E-state index in [0.717, 1.165) is 89.9 Å². The molecule has 0 aromatic rings. The van der Waals surface area contributed by atoms with Gasteiger partial charge in [-0.2, -0.15) is 0 Å². The van der Waals surface area contributed by atoms with Gasteiger partial charge in [-0.25, -0.2) is 4.79 Å². The predicted molar refractivity (Wildman–Crippen MR) is 212 cm³/mol. The smallest absolute Gasteiger partial charge is 0.361 e. The molecule has 0 bridgehead atoms. The lowest BCUT2D eigenvalue weighted by Gasteiger charge is -2.25. The van der Waals surface area contributed by atoms with Gasteiger partial charge in [0.15, 0.2) is 6.10 Å². The molecule has 2 unspecified atom stereocenters. The molecule has 0 aromatic heterocycles. The number of nitrogens with zero attached hydrogens (tertiary/aromatic N) is 1. The predicted octanol–water partition coefficient (Wildman–Crippen LogP) is 10.0. The Kier molecular flexibility index (Phi) is 33.4. The Balaban J connectivity index is 4.50. The van der Waals surface area contributed by atoms with Crippen LogP contribution >= 0.6 is 0 Å². The van der Waals surface area contributed by atoms with Crippen LogP contribution in [0.4, 0.5) is 0 Å². The van der Waals surface area contributed by atoms with Crippen LogP contribution in [0.5, 0.6) is 0 Å². The average Bonchev–Trinajstić information content (AvgIpc) is 3.09. The number of carbonyl (C=O) groups excluding carboxylic acids is 2. The molecule has 1 N–H and O–H groups in total. The van der Waals surface area contributed by atoms with Gasteiger partial charge in [0, 0.05) is 12.8 Å². The largest absolute Gasteiger partial charge is 0.477 e. The maximum Gasteiger partial charge on any atom is 0.361 e. The van der Waals surface area contributed by atoms with E-state index in [1.54, 1.807) is 0 Å². The molecule has 2 atom stereocenters. The Morgan fingerprint density at radius 3 is 1.65 bits per heavy atom. The molecule has 52 heavy (non-hydrogen) atoms. The molecule has 0 aliphatic rings. The van der Waals surface area contributed by atoms with Crippen LogP contribution < -0.4 is 0 Å². The van der Waals surface area contributed by atoms with Crippen LogP contribution in [0.15, 0.2) is 48.6 Å². The van der Waals surface area contributed by atoms with E-state index in [9.17, 15) is 19.5 Å². The zero-order chi connectivity index (χ0) is 38.5. The summed E-state index contributed by atoms with van der Waals surface area (Å²) in [5, 5.41) is 9.60. The second-order valence-corrected chi connectivity index (χ2v) is 14.6. The summed E-state index contributed by atoms with van der Waals surface area (Å²) in [7, 11) is 5.93. The molecule has 0 aliphatic carbocycles. The number of aliphatic carboxylic acids is 1. The molecule has 0 spiro atoms. The van der Waals surface area contributed by atoms with Crippen molar-refractivity contribution in [2.75, 3.05) is 47.5 Å².